The first-order valence-corrected chi connectivity index (χ1v) is 3.37. The molecular weight excluding hydrogens is 149 g/mol. The fourth-order valence-corrected chi connectivity index (χ4v) is 0.584. The molecule has 0 atom stereocenters. The zero-order valence-corrected chi connectivity index (χ0v) is 6.49. The molecule has 1 rings (SSSR count). The second-order valence-corrected chi connectivity index (χ2v) is 2.41. The van der Waals surface area contributed by atoms with Crippen LogP contribution < -0.4 is 0 Å². The van der Waals surface area contributed by atoms with Gasteiger partial charge in [0, 0.05) is 0 Å². The number of halogens is 1. The maximum Gasteiger partial charge on any atom is 0.179 e. The number of hydrogen-bond acceptors (Lipinski definition) is 3. The lowest BCUT2D eigenvalue weighted by atomic mass is 10.5. The van der Waals surface area contributed by atoms with Gasteiger partial charge in [-0.1, -0.05) is 9.39 Å². The predicted octanol–water partition coefficient (Wildman–Crippen LogP) is 0.936. The highest BCUT2D eigenvalue weighted by atomic mass is 19.2. The largest absolute Gasteiger partial charge is 0.371 e. The van der Waals surface area contributed by atoms with Crippen molar-refractivity contribution < 1.29 is 9.22 Å². The predicted molar refractivity (Wildman–Crippen MR) is 36.5 cm³/mol. The van der Waals surface area contributed by atoms with E-state index in [1.807, 2.05) is 13.8 Å². The highest BCUT2D eigenvalue weighted by Crippen LogP contribution is 1.96. The van der Waals surface area contributed by atoms with Gasteiger partial charge in [0.25, 0.3) is 0 Å². The number of hydrogen-bond donors (Lipinski definition) is 0. The van der Waals surface area contributed by atoms with Gasteiger partial charge in [0.05, 0.1) is 6.10 Å². The van der Waals surface area contributed by atoms with E-state index in [0.717, 1.165) is 6.33 Å². The van der Waals surface area contributed by atoms with Crippen LogP contribution in [0.1, 0.15) is 19.7 Å². The molecule has 0 aliphatic heterocycles. The zero-order valence-electron chi connectivity index (χ0n) is 6.49. The molecule has 0 spiro atoms. The van der Waals surface area contributed by atoms with Crippen LogP contribution in [0.5, 0.6) is 0 Å². The van der Waals surface area contributed by atoms with E-state index in [2.05, 4.69) is 10.1 Å². The third-order valence-electron chi connectivity index (χ3n) is 1.06. The molecule has 11 heavy (non-hydrogen) atoms. The van der Waals surface area contributed by atoms with Gasteiger partial charge < -0.3 is 4.74 Å². The Bertz CT molecular complexity index is 223. The molecule has 0 fully saturated rings. The summed E-state index contributed by atoms with van der Waals surface area (Å²) in [7, 11) is 0. The van der Waals surface area contributed by atoms with Gasteiger partial charge in [0.1, 0.15) is 12.9 Å². The van der Waals surface area contributed by atoms with Crippen LogP contribution in [0, 0.1) is 0 Å². The third kappa shape index (κ3) is 2.63. The van der Waals surface area contributed by atoms with E-state index in [0.29, 0.717) is 5.82 Å². The van der Waals surface area contributed by atoms with Gasteiger partial charge in [-0.2, -0.15) is 0 Å². The van der Waals surface area contributed by atoms with Crippen LogP contribution in [0.2, 0.25) is 0 Å². The lowest BCUT2D eigenvalue weighted by molar-refractivity contribution is 0.0606. The number of ether oxygens (including phenoxy) is 1. The molecule has 1 aromatic heterocycles. The summed E-state index contributed by atoms with van der Waals surface area (Å²) in [6.07, 6.45) is 1.11. The fraction of sp³-hybridized carbons (Fsp3) is 0.667. The topological polar surface area (TPSA) is 39.9 Å². The molecule has 62 valence electrons. The van der Waals surface area contributed by atoms with Crippen molar-refractivity contribution in [3.05, 3.63) is 12.2 Å². The van der Waals surface area contributed by atoms with Crippen LogP contribution >= 0.6 is 0 Å². The van der Waals surface area contributed by atoms with E-state index in [9.17, 15) is 4.48 Å². The summed E-state index contributed by atoms with van der Waals surface area (Å²) in [5.74, 6) is 0.362. The Morgan fingerprint density at radius 2 is 2.45 bits per heavy atom. The van der Waals surface area contributed by atoms with Crippen LogP contribution in [0.4, 0.5) is 4.48 Å². The molecule has 0 radical (unpaired) electrons. The SMILES string of the molecule is CC(C)OCc1ncn(F)n1. The van der Waals surface area contributed by atoms with Gasteiger partial charge in [0.15, 0.2) is 5.82 Å². The Kier molecular flexibility index (Phi) is 2.53. The lowest BCUT2D eigenvalue weighted by Crippen LogP contribution is -2.03. The van der Waals surface area contributed by atoms with Crippen molar-refractivity contribution in [1.82, 2.24) is 15.0 Å². The molecule has 1 aromatic rings. The zero-order chi connectivity index (χ0) is 8.27. The van der Waals surface area contributed by atoms with Crippen molar-refractivity contribution in [1.29, 1.82) is 0 Å². The molecule has 0 aliphatic carbocycles. The molecule has 1 heterocycles. The summed E-state index contributed by atoms with van der Waals surface area (Å²) >= 11 is 0. The second kappa shape index (κ2) is 3.43. The van der Waals surface area contributed by atoms with Crippen LogP contribution in [0.3, 0.4) is 0 Å². The Morgan fingerprint density at radius 3 is 2.91 bits per heavy atom. The smallest absolute Gasteiger partial charge is 0.179 e. The number of aromatic nitrogens is 3. The van der Waals surface area contributed by atoms with Gasteiger partial charge in [-0.3, -0.25) is 0 Å². The number of rotatable bonds is 3. The first-order chi connectivity index (χ1) is 5.18. The molecule has 0 aromatic carbocycles. The quantitative estimate of drug-likeness (QED) is 0.658. The van der Waals surface area contributed by atoms with Crippen molar-refractivity contribution in [2.45, 2.75) is 26.6 Å². The minimum Gasteiger partial charge on any atom is -0.371 e. The maximum absolute atomic E-state index is 12.1. The van der Waals surface area contributed by atoms with E-state index in [-0.39, 0.29) is 17.6 Å². The minimum absolute atomic E-state index is 0.113. The van der Waals surface area contributed by atoms with Crippen molar-refractivity contribution in [3.63, 3.8) is 0 Å². The monoisotopic (exact) mass is 159 g/mol. The van der Waals surface area contributed by atoms with Crippen LogP contribution in [0.15, 0.2) is 6.33 Å². The molecule has 0 aliphatic rings. The van der Waals surface area contributed by atoms with Crippen LogP contribution in [-0.2, 0) is 11.3 Å². The maximum atomic E-state index is 12.1. The Labute approximate surface area is 63.9 Å². The molecule has 5 heteroatoms. The molecule has 0 unspecified atom stereocenters. The molecule has 0 saturated heterocycles. The molecule has 0 N–H and O–H groups in total. The fourth-order valence-electron chi connectivity index (χ4n) is 0.584. The van der Waals surface area contributed by atoms with E-state index in [1.54, 1.807) is 0 Å². The van der Waals surface area contributed by atoms with Crippen molar-refractivity contribution in [3.8, 4) is 0 Å². The first-order valence-electron chi connectivity index (χ1n) is 3.37. The summed E-state index contributed by atoms with van der Waals surface area (Å²) in [6, 6.07) is 0. The van der Waals surface area contributed by atoms with E-state index in [1.165, 1.54) is 0 Å². The Balaban J connectivity index is 2.39. The Hall–Kier alpha value is -0.970. The van der Waals surface area contributed by atoms with Crippen molar-refractivity contribution >= 4 is 0 Å². The Morgan fingerprint density at radius 1 is 1.73 bits per heavy atom. The summed E-state index contributed by atoms with van der Waals surface area (Å²) in [5.41, 5.74) is 0. The lowest BCUT2D eigenvalue weighted by Gasteiger charge is -2.02. The van der Waals surface area contributed by atoms with Crippen LogP contribution in [-0.4, -0.2) is 21.1 Å². The molecule has 0 bridgehead atoms. The average molecular weight is 159 g/mol. The van der Waals surface area contributed by atoms with Crippen LogP contribution in [0.25, 0.3) is 0 Å². The molecular formula is C6H10FN3O. The minimum atomic E-state index is 0.113. The van der Waals surface area contributed by atoms with Crippen molar-refractivity contribution in [2.24, 2.45) is 0 Å². The van der Waals surface area contributed by atoms with Gasteiger partial charge in [-0.15, -0.1) is 5.10 Å². The van der Waals surface area contributed by atoms with E-state index in [4.69, 9.17) is 4.74 Å². The first kappa shape index (κ1) is 8.13. The molecule has 0 amide bonds. The standard InChI is InChI=1S/C6H10FN3O/c1-5(2)11-3-6-8-4-10(7)9-6/h4-5H,3H2,1-2H3. The normalized spacial score (nSPS) is 10.9. The summed E-state index contributed by atoms with van der Waals surface area (Å²) in [4.78, 5) is 3.81. The third-order valence-corrected chi connectivity index (χ3v) is 1.06. The van der Waals surface area contributed by atoms with Gasteiger partial charge in [-0.05, 0) is 13.8 Å². The van der Waals surface area contributed by atoms with E-state index < -0.39 is 0 Å². The van der Waals surface area contributed by atoms with E-state index >= 15 is 0 Å². The summed E-state index contributed by atoms with van der Waals surface area (Å²) in [6.45, 7) is 4.05. The van der Waals surface area contributed by atoms with Gasteiger partial charge in [-0.25, -0.2) is 4.98 Å². The molecule has 4 nitrogen and oxygen atoms in total. The number of nitrogens with zero attached hydrogens (tertiary/aromatic N) is 3. The average Bonchev–Trinajstić information content (AvgIpc) is 2.31. The highest BCUT2D eigenvalue weighted by Gasteiger charge is 2.00. The second-order valence-electron chi connectivity index (χ2n) is 2.41. The van der Waals surface area contributed by atoms with Gasteiger partial charge >= 0.3 is 0 Å². The summed E-state index contributed by atoms with van der Waals surface area (Å²) in [5, 5.41) is 3.40. The highest BCUT2D eigenvalue weighted by molar-refractivity contribution is 4.76. The van der Waals surface area contributed by atoms with Gasteiger partial charge in [0.2, 0.25) is 0 Å². The molecule has 0 saturated carbocycles. The van der Waals surface area contributed by atoms with Crippen molar-refractivity contribution in [2.75, 3.05) is 0 Å². The summed E-state index contributed by atoms with van der Waals surface area (Å²) < 4.78 is 17.3.